The Labute approximate surface area is 252 Å². The highest BCUT2D eigenvalue weighted by Gasteiger charge is 2.46. The predicted molar refractivity (Wildman–Crippen MR) is 167 cm³/mol. The number of hydrogen-bond acceptors (Lipinski definition) is 6. The summed E-state index contributed by atoms with van der Waals surface area (Å²) < 4.78 is 16.1. The number of rotatable bonds is 7. The minimum absolute atomic E-state index is 0.00802. The van der Waals surface area contributed by atoms with Gasteiger partial charge in [0.15, 0.2) is 0 Å². The van der Waals surface area contributed by atoms with Gasteiger partial charge in [0.25, 0.3) is 5.91 Å². The van der Waals surface area contributed by atoms with Crippen molar-refractivity contribution in [3.63, 3.8) is 0 Å². The second kappa shape index (κ2) is 12.1. The van der Waals surface area contributed by atoms with Crippen LogP contribution in [0, 0.1) is 0 Å². The van der Waals surface area contributed by atoms with E-state index in [4.69, 9.17) is 14.2 Å². The van der Waals surface area contributed by atoms with Gasteiger partial charge < -0.3 is 24.0 Å². The van der Waals surface area contributed by atoms with Crippen molar-refractivity contribution in [3.05, 3.63) is 114 Å². The van der Waals surface area contributed by atoms with E-state index in [1.54, 1.807) is 26.2 Å². The van der Waals surface area contributed by atoms with Gasteiger partial charge in [-0.3, -0.25) is 14.5 Å². The lowest BCUT2D eigenvalue weighted by Crippen LogP contribution is -2.53. The first-order valence-electron chi connectivity index (χ1n) is 14.4. The molecule has 1 saturated heterocycles. The zero-order valence-electron chi connectivity index (χ0n) is 24.6. The number of carbonyl (C=O) groups is 2. The summed E-state index contributed by atoms with van der Waals surface area (Å²) in [5.74, 6) is 1.48. The van der Waals surface area contributed by atoms with E-state index in [1.807, 2.05) is 102 Å². The van der Waals surface area contributed by atoms with Gasteiger partial charge in [-0.25, -0.2) is 0 Å². The predicted octanol–water partition coefficient (Wildman–Crippen LogP) is 5.55. The van der Waals surface area contributed by atoms with Gasteiger partial charge >= 0.3 is 0 Å². The number of carbonyl (C=O) groups excluding carboxylic acids is 2. The fourth-order valence-electron chi connectivity index (χ4n) is 6.14. The van der Waals surface area contributed by atoms with Gasteiger partial charge in [-0.05, 0) is 77.9 Å². The molecule has 0 saturated carbocycles. The molecule has 0 radical (unpaired) electrons. The Balaban J connectivity index is 1.38. The summed E-state index contributed by atoms with van der Waals surface area (Å²) in [7, 11) is 4.89. The molecule has 220 valence electrons. The largest absolute Gasteiger partial charge is 0.497 e. The van der Waals surface area contributed by atoms with Crippen LogP contribution in [-0.2, 0) is 4.79 Å². The number of anilines is 2. The maximum absolute atomic E-state index is 14.6. The Bertz CT molecular complexity index is 1580. The lowest BCUT2D eigenvalue weighted by Gasteiger charge is -2.44. The van der Waals surface area contributed by atoms with Gasteiger partial charge in [-0.2, -0.15) is 0 Å². The van der Waals surface area contributed by atoms with Crippen molar-refractivity contribution in [2.24, 2.45) is 0 Å². The number of amides is 2. The number of benzene rings is 4. The molecule has 1 fully saturated rings. The highest BCUT2D eigenvalue weighted by atomic mass is 16.5. The minimum atomic E-state index is -0.600. The third kappa shape index (κ3) is 5.36. The summed E-state index contributed by atoms with van der Waals surface area (Å²) in [6.45, 7) is 2.58. The second-order valence-electron chi connectivity index (χ2n) is 10.7. The number of piperazine rings is 1. The van der Waals surface area contributed by atoms with Crippen LogP contribution in [0.3, 0.4) is 0 Å². The molecule has 2 aliphatic heterocycles. The third-order valence-corrected chi connectivity index (χ3v) is 8.44. The molecule has 0 unspecified atom stereocenters. The van der Waals surface area contributed by atoms with Crippen LogP contribution in [0.1, 0.15) is 33.4 Å². The smallest absolute Gasteiger partial charge is 0.259 e. The maximum Gasteiger partial charge on any atom is 0.259 e. The van der Waals surface area contributed by atoms with Crippen LogP contribution < -0.4 is 24.0 Å². The first kappa shape index (κ1) is 28.2. The molecule has 0 N–H and O–H groups in total. The molecule has 2 atom stereocenters. The van der Waals surface area contributed by atoms with Gasteiger partial charge in [0.1, 0.15) is 17.2 Å². The lowest BCUT2D eigenvalue weighted by atomic mass is 9.78. The highest BCUT2D eigenvalue weighted by molar-refractivity contribution is 6.11. The Morgan fingerprint density at radius 3 is 1.72 bits per heavy atom. The molecule has 2 aliphatic rings. The van der Waals surface area contributed by atoms with Crippen LogP contribution in [-0.4, -0.2) is 64.2 Å². The Morgan fingerprint density at radius 1 is 0.651 bits per heavy atom. The minimum Gasteiger partial charge on any atom is -0.497 e. The molecule has 43 heavy (non-hydrogen) atoms. The van der Waals surface area contributed by atoms with E-state index in [9.17, 15) is 9.59 Å². The Hall–Kier alpha value is -4.98. The lowest BCUT2D eigenvalue weighted by molar-refractivity contribution is -0.133. The zero-order valence-corrected chi connectivity index (χ0v) is 24.6. The molecule has 2 amide bonds. The normalized spacial score (nSPS) is 18.2. The highest BCUT2D eigenvalue weighted by Crippen LogP contribution is 2.46. The molecule has 8 nitrogen and oxygen atoms in total. The van der Waals surface area contributed by atoms with Crippen molar-refractivity contribution in [2.75, 3.05) is 57.3 Å². The third-order valence-electron chi connectivity index (χ3n) is 8.44. The summed E-state index contributed by atoms with van der Waals surface area (Å²) in [6, 6.07) is 30.0. The van der Waals surface area contributed by atoms with Crippen LogP contribution in [0.15, 0.2) is 97.1 Å². The van der Waals surface area contributed by atoms with Crippen LogP contribution in [0.2, 0.25) is 0 Å². The van der Waals surface area contributed by atoms with E-state index in [0.29, 0.717) is 48.9 Å². The summed E-state index contributed by atoms with van der Waals surface area (Å²) in [4.78, 5) is 34.8. The first-order chi connectivity index (χ1) is 21.0. The number of methoxy groups -OCH3 is 3. The fourth-order valence-corrected chi connectivity index (χ4v) is 6.14. The monoisotopic (exact) mass is 577 g/mol. The average Bonchev–Trinajstić information content (AvgIpc) is 3.08. The van der Waals surface area contributed by atoms with Crippen molar-refractivity contribution in [3.8, 4) is 17.2 Å². The van der Waals surface area contributed by atoms with Gasteiger partial charge in [0, 0.05) is 43.1 Å². The standard InChI is InChI=1S/C35H35N3O5/c1-41-27-14-8-24(9-15-27)33-32(35(40)37-22-20-36(21-23-37)25-10-16-28(42-2)17-11-25)30-6-4-5-7-31(30)34(39)38(33)26-12-18-29(43-3)19-13-26/h4-19,32-33H,20-23H2,1-3H3/t32-,33-/m0/s1. The average molecular weight is 578 g/mol. The molecule has 4 aromatic carbocycles. The molecule has 0 bridgehead atoms. The molecule has 4 aromatic rings. The first-order valence-corrected chi connectivity index (χ1v) is 14.4. The zero-order chi connectivity index (χ0) is 29.9. The van der Waals surface area contributed by atoms with E-state index < -0.39 is 12.0 Å². The Morgan fingerprint density at radius 2 is 1.16 bits per heavy atom. The van der Waals surface area contributed by atoms with E-state index in [1.165, 1.54) is 0 Å². The van der Waals surface area contributed by atoms with E-state index in [-0.39, 0.29) is 11.8 Å². The SMILES string of the molecule is COc1ccc([C@H]2[C@@H](C(=O)N3CCN(c4ccc(OC)cc4)CC3)c3ccccc3C(=O)N2c2ccc(OC)cc2)cc1. The van der Waals surface area contributed by atoms with Crippen molar-refractivity contribution in [1.82, 2.24) is 4.90 Å². The molecular formula is C35H35N3O5. The van der Waals surface area contributed by atoms with Crippen LogP contribution in [0.25, 0.3) is 0 Å². The summed E-state index contributed by atoms with van der Waals surface area (Å²) >= 11 is 0. The molecule has 0 aromatic heterocycles. The maximum atomic E-state index is 14.6. The van der Waals surface area contributed by atoms with Gasteiger partial charge in [-0.15, -0.1) is 0 Å². The molecule has 0 spiro atoms. The van der Waals surface area contributed by atoms with E-state index in [0.717, 1.165) is 22.6 Å². The molecule has 2 heterocycles. The van der Waals surface area contributed by atoms with Gasteiger partial charge in [0.2, 0.25) is 5.91 Å². The molecular weight excluding hydrogens is 542 g/mol. The van der Waals surface area contributed by atoms with Crippen LogP contribution in [0.5, 0.6) is 17.2 Å². The number of ether oxygens (including phenoxy) is 3. The summed E-state index contributed by atoms with van der Waals surface area (Å²) in [6.07, 6.45) is 0. The van der Waals surface area contributed by atoms with Gasteiger partial charge in [0.05, 0.1) is 33.3 Å². The van der Waals surface area contributed by atoms with Gasteiger partial charge in [-0.1, -0.05) is 30.3 Å². The van der Waals surface area contributed by atoms with Crippen LogP contribution >= 0.6 is 0 Å². The quantitative estimate of drug-likeness (QED) is 0.287. The summed E-state index contributed by atoms with van der Waals surface area (Å²) in [5, 5.41) is 0. The molecule has 6 rings (SSSR count). The van der Waals surface area contributed by atoms with E-state index >= 15 is 0 Å². The molecule has 8 heteroatoms. The molecule has 0 aliphatic carbocycles. The Kier molecular flexibility index (Phi) is 7.92. The van der Waals surface area contributed by atoms with Crippen molar-refractivity contribution in [1.29, 1.82) is 0 Å². The van der Waals surface area contributed by atoms with Crippen molar-refractivity contribution in [2.45, 2.75) is 12.0 Å². The van der Waals surface area contributed by atoms with Crippen LogP contribution in [0.4, 0.5) is 11.4 Å². The number of nitrogens with zero attached hydrogens (tertiary/aromatic N) is 3. The van der Waals surface area contributed by atoms with Crippen molar-refractivity contribution >= 4 is 23.2 Å². The number of fused-ring (bicyclic) bond motifs is 1. The fraction of sp³-hybridized carbons (Fsp3) is 0.257. The second-order valence-corrected chi connectivity index (χ2v) is 10.7. The van der Waals surface area contributed by atoms with Crippen molar-refractivity contribution < 1.29 is 23.8 Å². The van der Waals surface area contributed by atoms with E-state index in [2.05, 4.69) is 4.90 Å². The summed E-state index contributed by atoms with van der Waals surface area (Å²) in [5.41, 5.74) is 3.94. The number of hydrogen-bond donors (Lipinski definition) is 0. The topological polar surface area (TPSA) is 71.6 Å².